The highest BCUT2D eigenvalue weighted by Crippen LogP contribution is 2.29. The number of amides is 1. The predicted molar refractivity (Wildman–Crippen MR) is 112 cm³/mol. The van der Waals surface area contributed by atoms with Gasteiger partial charge in [0.15, 0.2) is 11.5 Å². The van der Waals surface area contributed by atoms with Gasteiger partial charge in [-0.05, 0) is 43.7 Å². The van der Waals surface area contributed by atoms with Crippen LogP contribution in [0.4, 0.5) is 13.2 Å². The maximum atomic E-state index is 13.4. The van der Waals surface area contributed by atoms with Crippen LogP contribution in [0.3, 0.4) is 0 Å². The van der Waals surface area contributed by atoms with Gasteiger partial charge in [0.1, 0.15) is 6.04 Å². The van der Waals surface area contributed by atoms with Crippen LogP contribution in [0.5, 0.6) is 11.5 Å². The maximum absolute atomic E-state index is 13.4. The van der Waals surface area contributed by atoms with Crippen LogP contribution < -0.4 is 20.3 Å². The topological polar surface area (TPSA) is 82.5 Å². The summed E-state index contributed by atoms with van der Waals surface area (Å²) in [7, 11) is 1.49. The third kappa shape index (κ3) is 4.68. The molecule has 170 valence electrons. The molecule has 0 saturated carbocycles. The molecule has 1 N–H and O–H groups in total. The number of carbonyl (C=O) groups excluding carboxylic acids is 1. The Morgan fingerprint density at radius 3 is 2.56 bits per heavy atom. The van der Waals surface area contributed by atoms with Gasteiger partial charge in [-0.25, -0.2) is 4.98 Å². The molecule has 1 amide bonds. The molecule has 32 heavy (non-hydrogen) atoms. The van der Waals surface area contributed by atoms with Crippen LogP contribution in [0.2, 0.25) is 0 Å². The number of ether oxygens (including phenoxy) is 2. The van der Waals surface area contributed by atoms with Crippen LogP contribution in [0.15, 0.2) is 47.3 Å². The fraction of sp³-hybridized carbons (Fsp3) is 0.318. The first kappa shape index (κ1) is 23.1. The van der Waals surface area contributed by atoms with E-state index in [1.165, 1.54) is 32.2 Å². The molecule has 1 aromatic heterocycles. The number of rotatable bonds is 7. The summed E-state index contributed by atoms with van der Waals surface area (Å²) in [4.78, 5) is 28.8. The van der Waals surface area contributed by atoms with E-state index in [0.717, 1.165) is 4.57 Å². The number of nitrogens with zero attached hydrogens (tertiary/aromatic N) is 2. The van der Waals surface area contributed by atoms with Crippen molar-refractivity contribution in [2.75, 3.05) is 13.7 Å². The number of halogens is 3. The first-order valence-corrected chi connectivity index (χ1v) is 9.83. The average molecular weight is 449 g/mol. The Kier molecular flexibility index (Phi) is 6.71. The number of fused-ring (bicyclic) bond motifs is 1. The Morgan fingerprint density at radius 2 is 1.91 bits per heavy atom. The number of carbonyl (C=O) groups is 1. The lowest BCUT2D eigenvalue weighted by Gasteiger charge is -2.19. The van der Waals surface area contributed by atoms with E-state index in [1.54, 1.807) is 24.3 Å². The Labute approximate surface area is 181 Å². The fourth-order valence-corrected chi connectivity index (χ4v) is 3.27. The largest absolute Gasteiger partial charge is 0.493 e. The number of hydrogen-bond acceptors (Lipinski definition) is 5. The molecule has 0 aliphatic heterocycles. The van der Waals surface area contributed by atoms with E-state index >= 15 is 0 Å². The minimum atomic E-state index is -4.95. The molecule has 7 nitrogen and oxygen atoms in total. The molecule has 3 aromatic rings. The number of hydrogen-bond donors (Lipinski definition) is 1. The van der Waals surface area contributed by atoms with Gasteiger partial charge in [-0.1, -0.05) is 18.2 Å². The zero-order valence-electron chi connectivity index (χ0n) is 17.7. The van der Waals surface area contributed by atoms with Crippen LogP contribution in [0, 0.1) is 0 Å². The summed E-state index contributed by atoms with van der Waals surface area (Å²) in [6, 6.07) is 9.78. The summed E-state index contributed by atoms with van der Waals surface area (Å²) in [5.41, 5.74) is -2.14. The van der Waals surface area contributed by atoms with Crippen molar-refractivity contribution in [3.8, 4) is 11.5 Å². The van der Waals surface area contributed by atoms with Gasteiger partial charge in [-0.15, -0.1) is 0 Å². The van der Waals surface area contributed by atoms with Crippen molar-refractivity contribution in [2.24, 2.45) is 0 Å². The third-order valence-electron chi connectivity index (χ3n) is 4.82. The summed E-state index contributed by atoms with van der Waals surface area (Å²) >= 11 is 0. The van der Waals surface area contributed by atoms with E-state index in [1.807, 2.05) is 6.92 Å². The van der Waals surface area contributed by atoms with Gasteiger partial charge in [0, 0.05) is 6.54 Å². The van der Waals surface area contributed by atoms with E-state index in [2.05, 4.69) is 10.3 Å². The van der Waals surface area contributed by atoms with E-state index in [0.29, 0.717) is 23.7 Å². The summed E-state index contributed by atoms with van der Waals surface area (Å²) in [6.45, 7) is 3.74. The standard InChI is InChI=1S/C22H22F3N3O4/c1-4-32-17-10-9-14(11-18(17)31-3)12-26-20(29)13(2)28-16-8-6-5-7-15(16)27-19(21(28)30)22(23,24)25/h5-11,13H,4,12H2,1-3H3,(H,26,29). The SMILES string of the molecule is CCOc1ccc(CNC(=O)C(C)n2c(=O)c(C(F)(F)F)nc3ccccc32)cc1OC. The summed E-state index contributed by atoms with van der Waals surface area (Å²) in [5, 5.41) is 2.65. The molecule has 0 saturated heterocycles. The molecular formula is C22H22F3N3O4. The van der Waals surface area contributed by atoms with Crippen LogP contribution >= 0.6 is 0 Å². The highest BCUT2D eigenvalue weighted by atomic mass is 19.4. The zero-order valence-corrected chi connectivity index (χ0v) is 17.7. The average Bonchev–Trinajstić information content (AvgIpc) is 2.76. The predicted octanol–water partition coefficient (Wildman–Crippen LogP) is 3.70. The molecule has 3 rings (SSSR count). The Morgan fingerprint density at radius 1 is 1.19 bits per heavy atom. The Bertz CT molecular complexity index is 1190. The number of alkyl halides is 3. The quantitative estimate of drug-likeness (QED) is 0.595. The summed E-state index contributed by atoms with van der Waals surface area (Å²) in [5.74, 6) is 0.412. The second-order valence-electron chi connectivity index (χ2n) is 6.93. The van der Waals surface area contributed by atoms with Gasteiger partial charge in [0.25, 0.3) is 5.56 Å². The number of aromatic nitrogens is 2. The molecule has 0 aliphatic rings. The highest BCUT2D eigenvalue weighted by molar-refractivity contribution is 5.83. The van der Waals surface area contributed by atoms with E-state index in [-0.39, 0.29) is 17.6 Å². The Hall–Kier alpha value is -3.56. The molecule has 1 heterocycles. The van der Waals surface area contributed by atoms with Crippen molar-refractivity contribution in [2.45, 2.75) is 32.6 Å². The van der Waals surface area contributed by atoms with Crippen molar-refractivity contribution in [1.29, 1.82) is 0 Å². The van der Waals surface area contributed by atoms with Crippen LogP contribution in [0.1, 0.15) is 31.1 Å². The smallest absolute Gasteiger partial charge is 0.438 e. The lowest BCUT2D eigenvalue weighted by atomic mass is 10.2. The van der Waals surface area contributed by atoms with E-state index < -0.39 is 29.4 Å². The minimum Gasteiger partial charge on any atom is -0.493 e. The van der Waals surface area contributed by atoms with Crippen LogP contribution in [0.25, 0.3) is 11.0 Å². The van der Waals surface area contributed by atoms with Crippen molar-refractivity contribution >= 4 is 16.9 Å². The highest BCUT2D eigenvalue weighted by Gasteiger charge is 2.38. The normalized spacial score (nSPS) is 12.4. The molecule has 10 heteroatoms. The minimum absolute atomic E-state index is 0.0321. The molecule has 0 fully saturated rings. The van der Waals surface area contributed by atoms with Crippen molar-refractivity contribution in [3.05, 3.63) is 64.1 Å². The molecule has 0 bridgehead atoms. The second kappa shape index (κ2) is 9.29. The lowest BCUT2D eigenvalue weighted by Crippen LogP contribution is -2.38. The monoisotopic (exact) mass is 449 g/mol. The molecule has 0 spiro atoms. The third-order valence-corrected chi connectivity index (χ3v) is 4.82. The van der Waals surface area contributed by atoms with Gasteiger partial charge in [-0.2, -0.15) is 13.2 Å². The second-order valence-corrected chi connectivity index (χ2v) is 6.93. The molecule has 0 radical (unpaired) electrons. The van der Waals surface area contributed by atoms with Crippen LogP contribution in [-0.4, -0.2) is 29.2 Å². The van der Waals surface area contributed by atoms with Gasteiger partial charge in [0.05, 0.1) is 24.8 Å². The fourth-order valence-electron chi connectivity index (χ4n) is 3.27. The van der Waals surface area contributed by atoms with E-state index in [9.17, 15) is 22.8 Å². The zero-order chi connectivity index (χ0) is 23.5. The van der Waals surface area contributed by atoms with E-state index in [4.69, 9.17) is 9.47 Å². The number of para-hydroxylation sites is 2. The molecular weight excluding hydrogens is 427 g/mol. The summed E-state index contributed by atoms with van der Waals surface area (Å²) < 4.78 is 51.6. The van der Waals surface area contributed by atoms with Gasteiger partial charge < -0.3 is 14.8 Å². The van der Waals surface area contributed by atoms with Gasteiger partial charge >= 0.3 is 6.18 Å². The molecule has 1 atom stereocenters. The molecule has 2 aromatic carbocycles. The first-order valence-electron chi connectivity index (χ1n) is 9.83. The number of benzene rings is 2. The van der Waals surface area contributed by atoms with Gasteiger partial charge in [0.2, 0.25) is 11.6 Å². The molecule has 0 aliphatic carbocycles. The summed E-state index contributed by atoms with van der Waals surface area (Å²) in [6.07, 6.45) is -4.95. The van der Waals surface area contributed by atoms with Crippen LogP contribution in [-0.2, 0) is 17.5 Å². The van der Waals surface area contributed by atoms with Crippen molar-refractivity contribution < 1.29 is 27.4 Å². The lowest BCUT2D eigenvalue weighted by molar-refractivity contribution is -0.142. The number of methoxy groups -OCH3 is 1. The maximum Gasteiger partial charge on any atom is 0.438 e. The first-order chi connectivity index (χ1) is 15.2. The number of nitrogens with one attached hydrogen (secondary N) is 1. The van der Waals surface area contributed by atoms with Crippen molar-refractivity contribution in [3.63, 3.8) is 0 Å². The van der Waals surface area contributed by atoms with Gasteiger partial charge in [-0.3, -0.25) is 14.2 Å². The Balaban J connectivity index is 1.89. The van der Waals surface area contributed by atoms with Crippen molar-refractivity contribution in [1.82, 2.24) is 14.9 Å². The molecule has 1 unspecified atom stereocenters.